The van der Waals surface area contributed by atoms with Gasteiger partial charge in [0.25, 0.3) is 0 Å². The van der Waals surface area contributed by atoms with Crippen LogP contribution in [0.15, 0.2) is 54.6 Å². The average Bonchev–Trinajstić information content (AvgIpc) is 2.74. The van der Waals surface area contributed by atoms with Crippen molar-refractivity contribution in [2.45, 2.75) is 43.7 Å². The van der Waals surface area contributed by atoms with E-state index in [9.17, 15) is 25.2 Å². The summed E-state index contributed by atoms with van der Waals surface area (Å²) in [5, 5.41) is 42.3. The molecule has 1 heterocycles. The minimum absolute atomic E-state index is 0.0967. The Kier molecular flexibility index (Phi) is 7.00. The fourth-order valence-corrected chi connectivity index (χ4v) is 3.63. The summed E-state index contributed by atoms with van der Waals surface area (Å²) >= 11 is 0. The molecule has 1 unspecified atom stereocenters. The quantitative estimate of drug-likeness (QED) is 0.488. The van der Waals surface area contributed by atoms with Gasteiger partial charge in [0, 0.05) is 18.8 Å². The van der Waals surface area contributed by atoms with Crippen LogP contribution in [-0.4, -0.2) is 68.7 Å². The molecule has 1 saturated heterocycles. The molecule has 156 valence electrons. The van der Waals surface area contributed by atoms with Gasteiger partial charge in [0.15, 0.2) is 0 Å². The van der Waals surface area contributed by atoms with E-state index in [2.05, 4.69) is 5.32 Å². The molecule has 2 aromatic carbocycles. The van der Waals surface area contributed by atoms with Gasteiger partial charge in [-0.3, -0.25) is 9.69 Å². The standard InChI is InChI=1S/C22H28N2O5/c1-14(16-5-3-2-4-6-16)22(29)23-17-9-7-15(8-10-17)11-24-12-19(26)21(28)20(27)18(24)13-25/h2-10,14,18-21,25-28H,11-13H2,1H3,(H,23,29)/t14-,18+,19?,20-,21-/m1/s1. The zero-order chi connectivity index (χ0) is 21.0. The van der Waals surface area contributed by atoms with E-state index < -0.39 is 24.4 Å². The number of benzene rings is 2. The number of hydrogen-bond acceptors (Lipinski definition) is 6. The van der Waals surface area contributed by atoms with Crippen molar-refractivity contribution in [2.75, 3.05) is 18.5 Å². The Labute approximate surface area is 170 Å². The SMILES string of the molecule is C[C@@H](C(=O)Nc1ccc(CN2CC(O)[C@@H](O)[C@H](O)[C@@H]2CO)cc1)c1ccccc1. The molecular weight excluding hydrogens is 372 g/mol. The number of aliphatic hydroxyl groups is 4. The van der Waals surface area contributed by atoms with Crippen LogP contribution in [0.1, 0.15) is 24.0 Å². The lowest BCUT2D eigenvalue weighted by molar-refractivity contribution is -0.147. The van der Waals surface area contributed by atoms with Crippen molar-refractivity contribution in [2.24, 2.45) is 0 Å². The molecule has 0 aliphatic carbocycles. The normalized spacial score (nSPS) is 26.1. The number of carbonyl (C=O) groups is 1. The minimum atomic E-state index is -1.27. The summed E-state index contributed by atoms with van der Waals surface area (Å²) < 4.78 is 0. The van der Waals surface area contributed by atoms with Crippen molar-refractivity contribution in [3.05, 3.63) is 65.7 Å². The highest BCUT2D eigenvalue weighted by Gasteiger charge is 2.40. The molecule has 0 aromatic heterocycles. The molecule has 29 heavy (non-hydrogen) atoms. The van der Waals surface area contributed by atoms with Gasteiger partial charge in [0.1, 0.15) is 12.2 Å². The molecule has 1 aliphatic heterocycles. The fraction of sp³-hybridized carbons (Fsp3) is 0.409. The van der Waals surface area contributed by atoms with Gasteiger partial charge < -0.3 is 25.7 Å². The molecule has 5 atom stereocenters. The molecule has 3 rings (SSSR count). The first kappa shape index (κ1) is 21.4. The Hall–Kier alpha value is -2.29. The highest BCUT2D eigenvalue weighted by molar-refractivity contribution is 5.95. The average molecular weight is 400 g/mol. The number of likely N-dealkylation sites (tertiary alicyclic amines) is 1. The number of anilines is 1. The molecule has 1 aliphatic rings. The number of nitrogens with zero attached hydrogens (tertiary/aromatic N) is 1. The third-order valence-electron chi connectivity index (χ3n) is 5.52. The van der Waals surface area contributed by atoms with Crippen molar-refractivity contribution in [3.8, 4) is 0 Å². The van der Waals surface area contributed by atoms with Crippen LogP contribution in [0.4, 0.5) is 5.69 Å². The lowest BCUT2D eigenvalue weighted by Crippen LogP contribution is -2.62. The van der Waals surface area contributed by atoms with Gasteiger partial charge in [-0.15, -0.1) is 0 Å². The van der Waals surface area contributed by atoms with Crippen molar-refractivity contribution in [1.29, 1.82) is 0 Å². The predicted octanol–water partition coefficient (Wildman–Crippen LogP) is 0.688. The number of aliphatic hydroxyl groups excluding tert-OH is 4. The Morgan fingerprint density at radius 2 is 1.72 bits per heavy atom. The maximum atomic E-state index is 12.5. The lowest BCUT2D eigenvalue weighted by atomic mass is 9.93. The maximum absolute atomic E-state index is 12.5. The number of nitrogens with one attached hydrogen (secondary N) is 1. The number of piperidine rings is 1. The Morgan fingerprint density at radius 3 is 2.34 bits per heavy atom. The van der Waals surface area contributed by atoms with E-state index in [1.807, 2.05) is 49.4 Å². The molecule has 7 nitrogen and oxygen atoms in total. The lowest BCUT2D eigenvalue weighted by Gasteiger charge is -2.43. The molecule has 2 aromatic rings. The third kappa shape index (κ3) is 5.01. The van der Waals surface area contributed by atoms with Crippen LogP contribution in [0.25, 0.3) is 0 Å². The van der Waals surface area contributed by atoms with Crippen molar-refractivity contribution in [1.82, 2.24) is 4.90 Å². The van der Waals surface area contributed by atoms with Crippen LogP contribution in [0.3, 0.4) is 0 Å². The summed E-state index contributed by atoms with van der Waals surface area (Å²) in [6, 6.07) is 16.2. The summed E-state index contributed by atoms with van der Waals surface area (Å²) in [6.07, 6.45) is -3.57. The molecule has 7 heteroatoms. The van der Waals surface area contributed by atoms with Crippen LogP contribution in [0, 0.1) is 0 Å². The van der Waals surface area contributed by atoms with Crippen molar-refractivity contribution in [3.63, 3.8) is 0 Å². The topological polar surface area (TPSA) is 113 Å². The van der Waals surface area contributed by atoms with Crippen LogP contribution < -0.4 is 5.32 Å². The van der Waals surface area contributed by atoms with Crippen molar-refractivity contribution < 1.29 is 25.2 Å². The largest absolute Gasteiger partial charge is 0.395 e. The summed E-state index contributed by atoms with van der Waals surface area (Å²) in [6.45, 7) is 2.07. The van der Waals surface area contributed by atoms with Gasteiger partial charge in [-0.25, -0.2) is 0 Å². The van der Waals surface area contributed by atoms with Crippen LogP contribution in [0.5, 0.6) is 0 Å². The van der Waals surface area contributed by atoms with E-state index in [4.69, 9.17) is 0 Å². The van der Waals surface area contributed by atoms with E-state index in [0.29, 0.717) is 12.2 Å². The Morgan fingerprint density at radius 1 is 1.07 bits per heavy atom. The minimum Gasteiger partial charge on any atom is -0.395 e. The van der Waals surface area contributed by atoms with Crippen LogP contribution in [-0.2, 0) is 11.3 Å². The number of carbonyl (C=O) groups excluding carboxylic acids is 1. The van der Waals surface area contributed by atoms with Crippen LogP contribution in [0.2, 0.25) is 0 Å². The number of amides is 1. The van der Waals surface area contributed by atoms with E-state index in [0.717, 1.165) is 11.1 Å². The number of hydrogen-bond donors (Lipinski definition) is 5. The second-order valence-corrected chi connectivity index (χ2v) is 7.55. The smallest absolute Gasteiger partial charge is 0.231 e. The molecule has 0 radical (unpaired) electrons. The first-order valence-corrected chi connectivity index (χ1v) is 9.74. The summed E-state index contributed by atoms with van der Waals surface area (Å²) in [5.41, 5.74) is 2.52. The van der Waals surface area contributed by atoms with E-state index >= 15 is 0 Å². The number of β-amino-alcohol motifs (C(OH)–C–C–N with tert-alkyl or cyclic N) is 1. The molecule has 0 bridgehead atoms. The summed E-state index contributed by atoms with van der Waals surface area (Å²) in [7, 11) is 0. The van der Waals surface area contributed by atoms with E-state index in [1.165, 1.54) is 0 Å². The Bertz CT molecular complexity index is 799. The second kappa shape index (κ2) is 9.47. The van der Waals surface area contributed by atoms with Gasteiger partial charge in [-0.1, -0.05) is 42.5 Å². The molecular formula is C22H28N2O5. The van der Waals surface area contributed by atoms with E-state index in [1.54, 1.807) is 17.0 Å². The zero-order valence-electron chi connectivity index (χ0n) is 16.3. The van der Waals surface area contributed by atoms with Gasteiger partial charge in [0.05, 0.1) is 24.7 Å². The van der Waals surface area contributed by atoms with Crippen LogP contribution >= 0.6 is 0 Å². The second-order valence-electron chi connectivity index (χ2n) is 7.55. The highest BCUT2D eigenvalue weighted by atomic mass is 16.4. The van der Waals surface area contributed by atoms with Gasteiger partial charge in [-0.05, 0) is 30.2 Å². The van der Waals surface area contributed by atoms with Crippen molar-refractivity contribution >= 4 is 11.6 Å². The first-order valence-electron chi connectivity index (χ1n) is 9.74. The molecule has 0 saturated carbocycles. The predicted molar refractivity (Wildman–Crippen MR) is 109 cm³/mol. The monoisotopic (exact) mass is 400 g/mol. The molecule has 5 N–H and O–H groups in total. The van der Waals surface area contributed by atoms with Gasteiger partial charge in [-0.2, -0.15) is 0 Å². The zero-order valence-corrected chi connectivity index (χ0v) is 16.3. The molecule has 0 spiro atoms. The fourth-order valence-electron chi connectivity index (χ4n) is 3.63. The Balaban J connectivity index is 1.62. The van der Waals surface area contributed by atoms with Gasteiger partial charge in [0.2, 0.25) is 5.91 Å². The van der Waals surface area contributed by atoms with E-state index in [-0.39, 0.29) is 25.0 Å². The summed E-state index contributed by atoms with van der Waals surface area (Å²) in [4.78, 5) is 14.2. The number of rotatable bonds is 6. The molecule has 1 fully saturated rings. The highest BCUT2D eigenvalue weighted by Crippen LogP contribution is 2.22. The maximum Gasteiger partial charge on any atom is 0.231 e. The van der Waals surface area contributed by atoms with Gasteiger partial charge >= 0.3 is 0 Å². The third-order valence-corrected chi connectivity index (χ3v) is 5.52. The molecule has 1 amide bonds. The summed E-state index contributed by atoms with van der Waals surface area (Å²) in [5.74, 6) is -0.371. The first-order chi connectivity index (χ1) is 13.9.